The van der Waals surface area contributed by atoms with E-state index in [1.54, 1.807) is 11.8 Å². The Bertz CT molecular complexity index is 286. The summed E-state index contributed by atoms with van der Waals surface area (Å²) in [6.45, 7) is 5.75. The van der Waals surface area contributed by atoms with Crippen molar-refractivity contribution in [3.05, 3.63) is 0 Å². The maximum Gasteiger partial charge on any atom is 0.326 e. The highest BCUT2D eigenvalue weighted by Crippen LogP contribution is 2.30. The van der Waals surface area contributed by atoms with Crippen LogP contribution in [0.15, 0.2) is 0 Å². The van der Waals surface area contributed by atoms with Crippen LogP contribution in [0.3, 0.4) is 0 Å². The van der Waals surface area contributed by atoms with Gasteiger partial charge in [-0.05, 0) is 25.7 Å². The van der Waals surface area contributed by atoms with Gasteiger partial charge in [-0.15, -0.1) is 0 Å². The van der Waals surface area contributed by atoms with E-state index in [2.05, 4.69) is 13.8 Å². The monoisotopic (exact) mass is 241 g/mol. The molecule has 4 nitrogen and oxygen atoms in total. The minimum atomic E-state index is -0.909. The molecule has 0 aromatic carbocycles. The molecule has 1 amide bonds. The number of rotatable bonds is 7. The van der Waals surface area contributed by atoms with Crippen LogP contribution in [0.25, 0.3) is 0 Å². The molecule has 2 atom stereocenters. The Morgan fingerprint density at radius 3 is 2.35 bits per heavy atom. The minimum absolute atomic E-state index is 0.00310. The number of carboxylic acid groups (broad SMARTS) is 1. The van der Waals surface area contributed by atoms with Crippen molar-refractivity contribution in [3.63, 3.8) is 0 Å². The first kappa shape index (κ1) is 14.0. The van der Waals surface area contributed by atoms with E-state index in [0.717, 1.165) is 25.7 Å². The highest BCUT2D eigenvalue weighted by atomic mass is 16.4. The van der Waals surface area contributed by atoms with Gasteiger partial charge in [-0.25, -0.2) is 4.79 Å². The van der Waals surface area contributed by atoms with Crippen LogP contribution in [-0.2, 0) is 9.59 Å². The van der Waals surface area contributed by atoms with E-state index in [-0.39, 0.29) is 11.9 Å². The molecule has 1 fully saturated rings. The predicted molar refractivity (Wildman–Crippen MR) is 65.7 cm³/mol. The number of hydrogen-bond acceptors (Lipinski definition) is 2. The molecule has 4 heteroatoms. The first-order valence-corrected chi connectivity index (χ1v) is 6.51. The molecule has 0 radical (unpaired) electrons. The predicted octanol–water partition coefficient (Wildman–Crippen LogP) is 2.28. The molecule has 0 aromatic rings. The highest BCUT2D eigenvalue weighted by molar-refractivity contribution is 5.84. The van der Waals surface area contributed by atoms with Gasteiger partial charge < -0.3 is 10.0 Å². The Morgan fingerprint density at radius 1 is 1.35 bits per heavy atom. The van der Waals surface area contributed by atoms with Crippen LogP contribution in [0.5, 0.6) is 0 Å². The number of nitrogens with zero attached hydrogens (tertiary/aromatic N) is 1. The molecule has 0 bridgehead atoms. The highest BCUT2D eigenvalue weighted by Gasteiger charge is 2.38. The molecular weight excluding hydrogens is 218 g/mol. The summed E-state index contributed by atoms with van der Waals surface area (Å²) in [5.74, 6) is -0.563. The average Bonchev–Trinajstić information content (AvgIpc) is 3.02. The Labute approximate surface area is 103 Å². The second-order valence-corrected chi connectivity index (χ2v) is 5.14. The van der Waals surface area contributed by atoms with Crippen molar-refractivity contribution in [1.29, 1.82) is 0 Å². The molecule has 1 rings (SSSR count). The van der Waals surface area contributed by atoms with Crippen LogP contribution in [0.4, 0.5) is 0 Å². The van der Waals surface area contributed by atoms with E-state index in [1.165, 1.54) is 0 Å². The summed E-state index contributed by atoms with van der Waals surface area (Å²) in [6, 6.07) is -0.522. The summed E-state index contributed by atoms with van der Waals surface area (Å²) in [5.41, 5.74) is 0. The number of carbonyl (C=O) groups is 2. The van der Waals surface area contributed by atoms with Gasteiger partial charge in [0.2, 0.25) is 5.91 Å². The van der Waals surface area contributed by atoms with Gasteiger partial charge in [-0.3, -0.25) is 4.79 Å². The third-order valence-electron chi connectivity index (χ3n) is 3.31. The second kappa shape index (κ2) is 6.03. The van der Waals surface area contributed by atoms with Crippen LogP contribution in [0, 0.1) is 5.92 Å². The molecule has 2 unspecified atom stereocenters. The molecule has 1 saturated carbocycles. The molecule has 17 heavy (non-hydrogen) atoms. The van der Waals surface area contributed by atoms with Crippen LogP contribution < -0.4 is 0 Å². The topological polar surface area (TPSA) is 57.6 Å². The Kier molecular flexibility index (Phi) is 4.97. The fourth-order valence-electron chi connectivity index (χ4n) is 2.21. The number of carboxylic acids is 1. The average molecular weight is 241 g/mol. The molecule has 1 aliphatic rings. The third-order valence-corrected chi connectivity index (χ3v) is 3.31. The third kappa shape index (κ3) is 4.02. The van der Waals surface area contributed by atoms with Crippen molar-refractivity contribution in [2.45, 2.75) is 65.0 Å². The summed E-state index contributed by atoms with van der Waals surface area (Å²) in [5, 5.41) is 9.02. The van der Waals surface area contributed by atoms with E-state index in [0.29, 0.717) is 12.3 Å². The van der Waals surface area contributed by atoms with E-state index < -0.39 is 12.0 Å². The lowest BCUT2D eigenvalue weighted by Gasteiger charge is -2.27. The minimum Gasteiger partial charge on any atom is -0.480 e. The van der Waals surface area contributed by atoms with Gasteiger partial charge in [0, 0.05) is 12.5 Å². The number of aliphatic carboxylic acids is 1. The maximum atomic E-state index is 12.1. The summed E-state index contributed by atoms with van der Waals surface area (Å²) in [6.07, 6.45) is 4.46. The van der Waals surface area contributed by atoms with Crippen LogP contribution in [0.1, 0.15) is 52.9 Å². The van der Waals surface area contributed by atoms with Gasteiger partial charge in [0.15, 0.2) is 0 Å². The van der Waals surface area contributed by atoms with Gasteiger partial charge in [0.1, 0.15) is 6.04 Å². The number of carbonyl (C=O) groups excluding carboxylic acids is 1. The van der Waals surface area contributed by atoms with E-state index >= 15 is 0 Å². The second-order valence-electron chi connectivity index (χ2n) is 5.14. The molecule has 0 heterocycles. The first-order chi connectivity index (χ1) is 7.97. The van der Waals surface area contributed by atoms with Gasteiger partial charge >= 0.3 is 5.97 Å². The zero-order valence-electron chi connectivity index (χ0n) is 11.0. The van der Waals surface area contributed by atoms with Crippen molar-refractivity contribution < 1.29 is 14.7 Å². The lowest BCUT2D eigenvalue weighted by Crippen LogP contribution is -2.45. The first-order valence-electron chi connectivity index (χ1n) is 6.51. The summed E-state index contributed by atoms with van der Waals surface area (Å²) >= 11 is 0. The van der Waals surface area contributed by atoms with Gasteiger partial charge in [-0.1, -0.05) is 26.7 Å². The van der Waals surface area contributed by atoms with E-state index in [1.807, 2.05) is 0 Å². The van der Waals surface area contributed by atoms with Crippen molar-refractivity contribution >= 4 is 11.9 Å². The lowest BCUT2D eigenvalue weighted by atomic mass is 10.0. The maximum absolute atomic E-state index is 12.1. The lowest BCUT2D eigenvalue weighted by molar-refractivity contribution is -0.150. The fourth-order valence-corrected chi connectivity index (χ4v) is 2.21. The standard InChI is InChI=1S/C13H23NO3/c1-4-5-9(2)8-12(15)14(11-6-7-11)10(3)13(16)17/h9-11H,4-8H2,1-3H3,(H,16,17). The Hall–Kier alpha value is -1.06. The van der Waals surface area contributed by atoms with Crippen LogP contribution in [0.2, 0.25) is 0 Å². The van der Waals surface area contributed by atoms with Gasteiger partial charge in [-0.2, -0.15) is 0 Å². The molecule has 0 aliphatic heterocycles. The fraction of sp³-hybridized carbons (Fsp3) is 0.846. The molecule has 1 aliphatic carbocycles. The van der Waals surface area contributed by atoms with Gasteiger partial charge in [0.25, 0.3) is 0 Å². The van der Waals surface area contributed by atoms with Crippen LogP contribution in [-0.4, -0.2) is 34.0 Å². The van der Waals surface area contributed by atoms with Crippen molar-refractivity contribution in [1.82, 2.24) is 4.90 Å². The van der Waals surface area contributed by atoms with Crippen molar-refractivity contribution in [3.8, 4) is 0 Å². The zero-order chi connectivity index (χ0) is 13.0. The smallest absolute Gasteiger partial charge is 0.326 e. The number of amides is 1. The Morgan fingerprint density at radius 2 is 1.94 bits per heavy atom. The SMILES string of the molecule is CCCC(C)CC(=O)N(C1CC1)C(C)C(=O)O. The van der Waals surface area contributed by atoms with E-state index in [4.69, 9.17) is 5.11 Å². The molecule has 98 valence electrons. The van der Waals surface area contributed by atoms with Crippen LogP contribution >= 0.6 is 0 Å². The molecular formula is C13H23NO3. The quantitative estimate of drug-likeness (QED) is 0.744. The number of hydrogen-bond donors (Lipinski definition) is 1. The molecule has 0 aromatic heterocycles. The largest absolute Gasteiger partial charge is 0.480 e. The zero-order valence-corrected chi connectivity index (χ0v) is 11.0. The summed E-state index contributed by atoms with van der Waals surface area (Å²) in [7, 11) is 0. The Balaban J connectivity index is 2.58. The van der Waals surface area contributed by atoms with Crippen molar-refractivity contribution in [2.75, 3.05) is 0 Å². The summed E-state index contributed by atoms with van der Waals surface area (Å²) in [4.78, 5) is 24.7. The van der Waals surface area contributed by atoms with E-state index in [9.17, 15) is 9.59 Å². The molecule has 0 spiro atoms. The molecule has 1 N–H and O–H groups in total. The van der Waals surface area contributed by atoms with Gasteiger partial charge in [0.05, 0.1) is 0 Å². The normalized spacial score (nSPS) is 18.5. The van der Waals surface area contributed by atoms with Crippen molar-refractivity contribution in [2.24, 2.45) is 5.92 Å². The molecule has 0 saturated heterocycles. The summed E-state index contributed by atoms with van der Waals surface area (Å²) < 4.78 is 0.